The minimum atomic E-state index is 0.145. The molecule has 0 aromatic heterocycles. The van der Waals surface area contributed by atoms with Crippen LogP contribution in [0.4, 0.5) is 0 Å². The fourth-order valence-corrected chi connectivity index (χ4v) is 2.77. The average molecular weight is 330 g/mol. The molecule has 0 heterocycles. The maximum Gasteiger partial charge on any atom is 0.192 e. The van der Waals surface area contributed by atoms with Crippen LogP contribution in [-0.4, -0.2) is 13.6 Å². The first kappa shape index (κ1) is 15.5. The second kappa shape index (κ2) is 7.24. The van der Waals surface area contributed by atoms with Crippen molar-refractivity contribution >= 4 is 21.5 Å². The molecule has 0 fully saturated rings. The van der Waals surface area contributed by atoms with Crippen LogP contribution >= 0.6 is 0 Å². The highest BCUT2D eigenvalue weighted by Gasteiger charge is 1.99. The van der Waals surface area contributed by atoms with E-state index in [-0.39, 0.29) is 13.6 Å². The van der Waals surface area contributed by atoms with Crippen LogP contribution in [0.15, 0.2) is 84.9 Å². The van der Waals surface area contributed by atoms with Crippen molar-refractivity contribution in [2.45, 2.75) is 0 Å². The van der Waals surface area contributed by atoms with E-state index in [0.717, 1.165) is 22.3 Å². The Morgan fingerprint density at radius 3 is 1.40 bits per heavy atom. The number of hydrogen-bond acceptors (Lipinski definition) is 3. The zero-order valence-corrected chi connectivity index (χ0v) is 13.7. The molecule has 0 amide bonds. The lowest BCUT2D eigenvalue weighted by Gasteiger charge is -2.10. The molecule has 3 nitrogen and oxygen atoms in total. The van der Waals surface area contributed by atoms with Crippen molar-refractivity contribution in [1.29, 1.82) is 0 Å². The van der Waals surface area contributed by atoms with Crippen LogP contribution in [0.1, 0.15) is 0 Å². The number of benzene rings is 4. The highest BCUT2D eigenvalue weighted by molar-refractivity contribution is 5.84. The van der Waals surface area contributed by atoms with Gasteiger partial charge in [-0.15, -0.1) is 0 Å². The summed E-state index contributed by atoms with van der Waals surface area (Å²) in [6.07, 6.45) is 0. The van der Waals surface area contributed by atoms with E-state index in [2.05, 4.69) is 24.3 Å². The third kappa shape index (κ3) is 3.73. The van der Waals surface area contributed by atoms with Gasteiger partial charge in [0.2, 0.25) is 0 Å². The Balaban J connectivity index is 1.28. The zero-order chi connectivity index (χ0) is 16.9. The van der Waals surface area contributed by atoms with Gasteiger partial charge in [-0.1, -0.05) is 60.7 Å². The highest BCUT2D eigenvalue weighted by atomic mass is 16.7. The number of ether oxygens (including phenoxy) is 3. The molecule has 0 N–H and O–H groups in total. The lowest BCUT2D eigenvalue weighted by Crippen LogP contribution is -2.08. The molecule has 0 saturated heterocycles. The van der Waals surface area contributed by atoms with Crippen LogP contribution in [0, 0.1) is 0 Å². The van der Waals surface area contributed by atoms with Crippen molar-refractivity contribution in [1.82, 2.24) is 0 Å². The molecule has 0 spiro atoms. The maximum atomic E-state index is 5.62. The molecule has 0 aliphatic carbocycles. The van der Waals surface area contributed by atoms with Gasteiger partial charge < -0.3 is 14.2 Å². The molecule has 0 aliphatic heterocycles. The van der Waals surface area contributed by atoms with Gasteiger partial charge in [-0.3, -0.25) is 0 Å². The Morgan fingerprint density at radius 2 is 0.920 bits per heavy atom. The maximum absolute atomic E-state index is 5.62. The smallest absolute Gasteiger partial charge is 0.192 e. The fourth-order valence-electron chi connectivity index (χ4n) is 2.77. The van der Waals surface area contributed by atoms with Crippen molar-refractivity contribution in [3.8, 4) is 11.5 Å². The van der Waals surface area contributed by atoms with Crippen LogP contribution in [0.5, 0.6) is 11.5 Å². The van der Waals surface area contributed by atoms with Gasteiger partial charge in [-0.2, -0.15) is 0 Å². The van der Waals surface area contributed by atoms with Gasteiger partial charge >= 0.3 is 0 Å². The Labute approximate surface area is 146 Å². The predicted molar refractivity (Wildman–Crippen MR) is 100.0 cm³/mol. The molecular formula is C22H18O3. The molecule has 4 aromatic carbocycles. The van der Waals surface area contributed by atoms with Gasteiger partial charge in [-0.05, 0) is 45.8 Å². The van der Waals surface area contributed by atoms with E-state index in [1.807, 2.05) is 60.7 Å². The van der Waals surface area contributed by atoms with Gasteiger partial charge in [0.1, 0.15) is 11.5 Å². The van der Waals surface area contributed by atoms with Crippen LogP contribution < -0.4 is 9.47 Å². The summed E-state index contributed by atoms with van der Waals surface area (Å²) < 4.78 is 16.7. The molecule has 124 valence electrons. The van der Waals surface area contributed by atoms with Gasteiger partial charge in [0, 0.05) is 0 Å². The number of rotatable bonds is 6. The molecule has 0 saturated carbocycles. The predicted octanol–water partition coefficient (Wildman–Crippen LogP) is 5.38. The molecule has 0 radical (unpaired) electrons. The third-order valence-electron chi connectivity index (χ3n) is 4.06. The second-order valence-corrected chi connectivity index (χ2v) is 5.75. The first-order valence-corrected chi connectivity index (χ1v) is 8.19. The fraction of sp³-hybridized carbons (Fsp3) is 0.0909. The van der Waals surface area contributed by atoms with E-state index < -0.39 is 0 Å². The van der Waals surface area contributed by atoms with E-state index in [1.165, 1.54) is 10.8 Å². The Hall–Kier alpha value is -3.04. The molecule has 4 rings (SSSR count). The Kier molecular flexibility index (Phi) is 4.49. The van der Waals surface area contributed by atoms with Crippen molar-refractivity contribution in [2.75, 3.05) is 13.6 Å². The zero-order valence-electron chi connectivity index (χ0n) is 13.7. The van der Waals surface area contributed by atoms with Crippen molar-refractivity contribution in [3.63, 3.8) is 0 Å². The summed E-state index contributed by atoms with van der Waals surface area (Å²) in [6.45, 7) is 0.290. The van der Waals surface area contributed by atoms with Gasteiger partial charge in [0.05, 0.1) is 0 Å². The van der Waals surface area contributed by atoms with Crippen molar-refractivity contribution < 1.29 is 14.2 Å². The van der Waals surface area contributed by atoms with E-state index in [1.54, 1.807) is 0 Å². The van der Waals surface area contributed by atoms with Gasteiger partial charge in [0.25, 0.3) is 0 Å². The molecule has 0 unspecified atom stereocenters. The summed E-state index contributed by atoms with van der Waals surface area (Å²) in [4.78, 5) is 0. The lowest BCUT2D eigenvalue weighted by atomic mass is 10.1. The van der Waals surface area contributed by atoms with E-state index >= 15 is 0 Å². The first-order valence-electron chi connectivity index (χ1n) is 8.19. The summed E-state index contributed by atoms with van der Waals surface area (Å²) in [5, 5.41) is 4.67. The van der Waals surface area contributed by atoms with Crippen molar-refractivity contribution in [3.05, 3.63) is 84.9 Å². The second-order valence-electron chi connectivity index (χ2n) is 5.75. The first-order chi connectivity index (χ1) is 12.4. The minimum Gasteiger partial charge on any atom is -0.467 e. The Bertz CT molecular complexity index is 913. The topological polar surface area (TPSA) is 27.7 Å². The summed E-state index contributed by atoms with van der Waals surface area (Å²) in [7, 11) is 0. The molecule has 25 heavy (non-hydrogen) atoms. The lowest BCUT2D eigenvalue weighted by molar-refractivity contribution is -0.0535. The number of hydrogen-bond donors (Lipinski definition) is 0. The van der Waals surface area contributed by atoms with E-state index in [9.17, 15) is 0 Å². The van der Waals surface area contributed by atoms with Gasteiger partial charge in [-0.25, -0.2) is 0 Å². The number of fused-ring (bicyclic) bond motifs is 2. The molecule has 0 aliphatic rings. The van der Waals surface area contributed by atoms with E-state index in [4.69, 9.17) is 14.2 Å². The summed E-state index contributed by atoms with van der Waals surface area (Å²) in [6, 6.07) is 28.3. The standard InChI is InChI=1S/C22H18O3/c1-3-7-19-13-21(11-9-17(19)5-1)24-15-23-16-25-22-12-10-18-6-2-4-8-20(18)14-22/h1-14H,15-16H2. The average Bonchev–Trinajstić information content (AvgIpc) is 2.67. The molecular weight excluding hydrogens is 312 g/mol. The Morgan fingerprint density at radius 1 is 0.480 bits per heavy atom. The van der Waals surface area contributed by atoms with Crippen molar-refractivity contribution in [2.24, 2.45) is 0 Å². The molecule has 0 atom stereocenters. The SMILES string of the molecule is c1ccc2cc(OCOCOc3ccc4ccccc4c3)ccc2c1. The monoisotopic (exact) mass is 330 g/mol. The molecule has 3 heteroatoms. The minimum absolute atomic E-state index is 0.145. The summed E-state index contributed by atoms with van der Waals surface area (Å²) >= 11 is 0. The summed E-state index contributed by atoms with van der Waals surface area (Å²) in [5.41, 5.74) is 0. The quantitative estimate of drug-likeness (QED) is 0.351. The van der Waals surface area contributed by atoms with Crippen LogP contribution in [0.25, 0.3) is 21.5 Å². The van der Waals surface area contributed by atoms with Crippen LogP contribution in [0.2, 0.25) is 0 Å². The van der Waals surface area contributed by atoms with Gasteiger partial charge in [0.15, 0.2) is 13.6 Å². The molecule has 0 bridgehead atoms. The van der Waals surface area contributed by atoms with Crippen LogP contribution in [-0.2, 0) is 4.74 Å². The highest BCUT2D eigenvalue weighted by Crippen LogP contribution is 2.21. The third-order valence-corrected chi connectivity index (χ3v) is 4.06. The largest absolute Gasteiger partial charge is 0.467 e. The van der Waals surface area contributed by atoms with E-state index in [0.29, 0.717) is 0 Å². The summed E-state index contributed by atoms with van der Waals surface area (Å²) in [5.74, 6) is 1.56. The molecule has 4 aromatic rings. The normalized spacial score (nSPS) is 10.9. The van der Waals surface area contributed by atoms with Crippen LogP contribution in [0.3, 0.4) is 0 Å².